The lowest BCUT2D eigenvalue weighted by Crippen LogP contribution is -2.37. The number of rotatable bonds is 7. The normalized spacial score (nSPS) is 18.6. The van der Waals surface area contributed by atoms with Gasteiger partial charge < -0.3 is 19.4 Å². The van der Waals surface area contributed by atoms with Gasteiger partial charge in [0, 0.05) is 42.4 Å². The minimum atomic E-state index is -2.90. The fourth-order valence-corrected chi connectivity index (χ4v) is 5.92. The van der Waals surface area contributed by atoms with Gasteiger partial charge in [-0.3, -0.25) is 9.59 Å². The summed E-state index contributed by atoms with van der Waals surface area (Å²) < 4.78 is 38.0. The van der Waals surface area contributed by atoms with Crippen LogP contribution in [0, 0.1) is 0 Å². The third-order valence-corrected chi connectivity index (χ3v) is 7.90. The average molecular weight is 574 g/mol. The summed E-state index contributed by atoms with van der Waals surface area (Å²) in [6.45, 7) is 4.12. The fourth-order valence-electron chi connectivity index (χ4n) is 5.09. The van der Waals surface area contributed by atoms with Crippen molar-refractivity contribution in [2.45, 2.75) is 71.0 Å². The van der Waals surface area contributed by atoms with Crippen LogP contribution in [0.3, 0.4) is 0 Å². The van der Waals surface area contributed by atoms with Gasteiger partial charge in [0.05, 0.1) is 28.7 Å². The number of carbonyl (C=O) groups excluding carboxylic acids is 1. The monoisotopic (exact) mass is 573 g/mol. The van der Waals surface area contributed by atoms with Crippen LogP contribution in [0.15, 0.2) is 40.3 Å². The van der Waals surface area contributed by atoms with E-state index in [-0.39, 0.29) is 35.4 Å². The molecule has 1 aliphatic heterocycles. The Morgan fingerprint density at radius 3 is 2.88 bits per heavy atom. The van der Waals surface area contributed by atoms with E-state index in [0.29, 0.717) is 59.8 Å². The summed E-state index contributed by atoms with van der Waals surface area (Å²) in [4.78, 5) is 34.9. The number of nitrogens with zero attached hydrogens (tertiary/aromatic N) is 4. The Kier molecular flexibility index (Phi) is 8.18. The molecule has 0 aromatic carbocycles. The van der Waals surface area contributed by atoms with Crippen LogP contribution in [0.2, 0.25) is 0 Å². The molecule has 1 amide bonds. The van der Waals surface area contributed by atoms with Gasteiger partial charge in [-0.15, -0.1) is 11.3 Å². The maximum atomic E-state index is 12.9. The highest BCUT2D eigenvalue weighted by molar-refractivity contribution is 7.13. The minimum absolute atomic E-state index is 0.0300. The number of ether oxygens (including phenoxy) is 2. The molecule has 1 N–H and O–H groups in total. The van der Waals surface area contributed by atoms with Crippen molar-refractivity contribution in [2.24, 2.45) is 0 Å². The van der Waals surface area contributed by atoms with Crippen LogP contribution < -0.4 is 5.56 Å². The van der Waals surface area contributed by atoms with Crippen molar-refractivity contribution in [1.82, 2.24) is 24.5 Å². The van der Waals surface area contributed by atoms with E-state index < -0.39 is 6.61 Å². The molecule has 12 heteroatoms. The number of likely N-dealkylation sites (tertiary alicyclic amines) is 1. The van der Waals surface area contributed by atoms with E-state index in [1.165, 1.54) is 11.3 Å². The molecule has 0 saturated carbocycles. The molecule has 40 heavy (non-hydrogen) atoms. The number of aromatic amines is 1. The highest BCUT2D eigenvalue weighted by Crippen LogP contribution is 2.35. The van der Waals surface area contributed by atoms with Crippen LogP contribution in [0.5, 0.6) is 0 Å². The number of hydrogen-bond acceptors (Lipinski definition) is 7. The van der Waals surface area contributed by atoms with E-state index in [9.17, 15) is 18.4 Å². The van der Waals surface area contributed by atoms with E-state index in [1.807, 2.05) is 31.7 Å². The van der Waals surface area contributed by atoms with Crippen LogP contribution in [-0.4, -0.2) is 62.3 Å². The molecule has 3 aromatic heterocycles. The van der Waals surface area contributed by atoms with E-state index >= 15 is 0 Å². The van der Waals surface area contributed by atoms with Gasteiger partial charge in [0.25, 0.3) is 5.56 Å². The van der Waals surface area contributed by atoms with E-state index in [0.717, 1.165) is 18.5 Å². The second kappa shape index (κ2) is 11.6. The van der Waals surface area contributed by atoms with Gasteiger partial charge in [-0.25, -0.2) is 9.50 Å². The maximum absolute atomic E-state index is 12.9. The van der Waals surface area contributed by atoms with Crippen LogP contribution in [-0.2, 0) is 14.3 Å². The molecule has 1 fully saturated rings. The molecule has 214 valence electrons. The quantitative estimate of drug-likeness (QED) is 0.409. The number of nitrogens with one attached hydrogen (secondary N) is 1. The predicted octanol–water partition coefficient (Wildman–Crippen LogP) is 5.36. The molecular formula is C28H33F2N5O4S. The highest BCUT2D eigenvalue weighted by Gasteiger charge is 2.26. The van der Waals surface area contributed by atoms with Crippen molar-refractivity contribution < 1.29 is 23.0 Å². The van der Waals surface area contributed by atoms with Crippen LogP contribution in [0.4, 0.5) is 8.78 Å². The SMILES string of the molecule is CC(C)(C)OCC(=O)N1CCCC(c2cc(=O)[nH]c3c(-c4nc(C5=C(OC(F)F)CCC=C5)cs4)cnn23)CC1. The van der Waals surface area contributed by atoms with Gasteiger partial charge in [-0.1, -0.05) is 12.2 Å². The maximum Gasteiger partial charge on any atom is 0.387 e. The van der Waals surface area contributed by atoms with Crippen LogP contribution >= 0.6 is 11.3 Å². The van der Waals surface area contributed by atoms with Crippen LogP contribution in [0.1, 0.15) is 70.2 Å². The lowest BCUT2D eigenvalue weighted by molar-refractivity contribution is -0.141. The number of H-pyrrole nitrogens is 1. The second-order valence-electron chi connectivity index (χ2n) is 11.0. The summed E-state index contributed by atoms with van der Waals surface area (Å²) in [5.41, 5.74) is 2.39. The van der Waals surface area contributed by atoms with Gasteiger partial charge in [0.1, 0.15) is 23.0 Å². The zero-order valence-electron chi connectivity index (χ0n) is 22.8. The molecule has 0 radical (unpaired) electrons. The van der Waals surface area contributed by atoms with E-state index in [4.69, 9.17) is 9.47 Å². The molecule has 9 nitrogen and oxygen atoms in total. The van der Waals surface area contributed by atoms with Gasteiger partial charge in [0.2, 0.25) is 5.91 Å². The van der Waals surface area contributed by atoms with E-state index in [2.05, 4.69) is 15.1 Å². The molecule has 4 heterocycles. The predicted molar refractivity (Wildman–Crippen MR) is 148 cm³/mol. The number of thiazole rings is 1. The first-order valence-electron chi connectivity index (χ1n) is 13.4. The summed E-state index contributed by atoms with van der Waals surface area (Å²) in [5.74, 6) is 0.228. The van der Waals surface area contributed by atoms with Crippen molar-refractivity contribution in [3.8, 4) is 10.6 Å². The number of halogens is 2. The zero-order valence-corrected chi connectivity index (χ0v) is 23.6. The number of allylic oxidation sites excluding steroid dienone is 4. The Hall–Kier alpha value is -3.38. The lowest BCUT2D eigenvalue weighted by atomic mass is 9.96. The molecule has 0 spiro atoms. The van der Waals surface area contributed by atoms with Gasteiger partial charge in [0.15, 0.2) is 0 Å². The van der Waals surface area contributed by atoms with Crippen molar-refractivity contribution in [2.75, 3.05) is 19.7 Å². The minimum Gasteiger partial charge on any atom is -0.439 e. The number of hydrogen-bond donors (Lipinski definition) is 1. The first-order valence-corrected chi connectivity index (χ1v) is 14.3. The Morgan fingerprint density at radius 1 is 1.27 bits per heavy atom. The number of fused-ring (bicyclic) bond motifs is 1. The number of amides is 1. The summed E-state index contributed by atoms with van der Waals surface area (Å²) in [6.07, 6.45) is 8.64. The number of carbonyl (C=O) groups is 1. The van der Waals surface area contributed by atoms with Crippen molar-refractivity contribution >= 4 is 28.5 Å². The molecule has 0 bridgehead atoms. The Bertz CT molecular complexity index is 1500. The molecule has 1 saturated heterocycles. The fraction of sp³-hybridized carbons (Fsp3) is 0.500. The van der Waals surface area contributed by atoms with Gasteiger partial charge >= 0.3 is 6.61 Å². The molecular weight excluding hydrogens is 540 g/mol. The first-order chi connectivity index (χ1) is 19.1. The van der Waals surface area contributed by atoms with Crippen molar-refractivity contribution in [1.29, 1.82) is 0 Å². The molecule has 1 atom stereocenters. The summed E-state index contributed by atoms with van der Waals surface area (Å²) in [6, 6.07) is 1.58. The summed E-state index contributed by atoms with van der Waals surface area (Å²) >= 11 is 1.34. The average Bonchev–Trinajstić information content (AvgIpc) is 3.47. The Balaban J connectivity index is 1.39. The van der Waals surface area contributed by atoms with Gasteiger partial charge in [-0.2, -0.15) is 13.9 Å². The first kappa shape index (κ1) is 28.2. The van der Waals surface area contributed by atoms with Crippen molar-refractivity contribution in [3.05, 3.63) is 57.3 Å². The number of alkyl halides is 2. The summed E-state index contributed by atoms with van der Waals surface area (Å²) in [7, 11) is 0. The Morgan fingerprint density at radius 2 is 2.10 bits per heavy atom. The number of aromatic nitrogens is 4. The molecule has 5 rings (SSSR count). The lowest BCUT2D eigenvalue weighted by Gasteiger charge is -2.24. The largest absolute Gasteiger partial charge is 0.439 e. The third-order valence-electron chi connectivity index (χ3n) is 7.03. The second-order valence-corrected chi connectivity index (χ2v) is 11.8. The van der Waals surface area contributed by atoms with E-state index in [1.54, 1.807) is 28.2 Å². The third kappa shape index (κ3) is 6.33. The smallest absolute Gasteiger partial charge is 0.387 e. The molecule has 1 unspecified atom stereocenters. The highest BCUT2D eigenvalue weighted by atomic mass is 32.1. The topological polar surface area (TPSA) is 102 Å². The Labute approximate surface area is 234 Å². The molecule has 2 aliphatic rings. The van der Waals surface area contributed by atoms with Gasteiger partial charge in [-0.05, 0) is 46.5 Å². The van der Waals surface area contributed by atoms with Crippen LogP contribution in [0.25, 0.3) is 21.8 Å². The summed E-state index contributed by atoms with van der Waals surface area (Å²) in [5, 5.41) is 6.99. The zero-order chi connectivity index (χ0) is 28.4. The molecule has 3 aromatic rings. The standard InChI is InChI=1S/C28H33F2N5O4S/c1-28(2,3)38-15-24(37)34-11-6-7-17(10-12-34)21-13-23(36)33-25-19(14-31-35(21)25)26-32-20(16-40-26)18-8-4-5-9-22(18)39-27(29)30/h4,8,13-14,16-17,27H,5-7,9-12,15H2,1-3H3,(H,33,36). The van der Waals surface area contributed by atoms with Crippen molar-refractivity contribution in [3.63, 3.8) is 0 Å². The molecule has 1 aliphatic carbocycles.